The highest BCUT2D eigenvalue weighted by molar-refractivity contribution is 6.34. The zero-order chi connectivity index (χ0) is 11.8. The van der Waals surface area contributed by atoms with Gasteiger partial charge in [0.2, 0.25) is 0 Å². The van der Waals surface area contributed by atoms with E-state index in [4.69, 9.17) is 17.0 Å². The zero-order valence-electron chi connectivity index (χ0n) is 9.54. The molecule has 0 unspecified atom stereocenters. The van der Waals surface area contributed by atoms with Gasteiger partial charge in [-0.1, -0.05) is 24.1 Å². The van der Waals surface area contributed by atoms with Crippen LogP contribution in [0.5, 0.6) is 0 Å². The predicted molar refractivity (Wildman–Crippen MR) is 68.2 cm³/mol. The van der Waals surface area contributed by atoms with Gasteiger partial charge in [-0.2, -0.15) is 0 Å². The molecule has 1 aliphatic rings. The van der Waals surface area contributed by atoms with Gasteiger partial charge in [0.1, 0.15) is 11.3 Å². The molecule has 3 nitrogen and oxygen atoms in total. The molecule has 0 bridgehead atoms. The number of nitrogens with one attached hydrogen (secondary N) is 1. The molecule has 0 spiro atoms. The number of hydrogen-bond acceptors (Lipinski definition) is 2. The molecule has 0 aliphatic carbocycles. The predicted octanol–water partition coefficient (Wildman–Crippen LogP) is 2.90. The van der Waals surface area contributed by atoms with E-state index in [9.17, 15) is 0 Å². The van der Waals surface area contributed by atoms with Crippen LogP contribution in [0.4, 0.5) is 0 Å². The molecule has 2 heterocycles. The van der Waals surface area contributed by atoms with Crippen molar-refractivity contribution in [3.8, 4) is 0 Å². The fourth-order valence-electron chi connectivity index (χ4n) is 2.45. The number of para-hydroxylation sites is 1. The average Bonchev–Trinajstić information content (AvgIpc) is 2.56. The molecule has 0 saturated carbocycles. The minimum Gasteiger partial charge on any atom is -0.314 e. The Balaban J connectivity index is 2.37. The van der Waals surface area contributed by atoms with Crippen LogP contribution >= 0.6 is 11.6 Å². The minimum atomic E-state index is 0.550. The summed E-state index contributed by atoms with van der Waals surface area (Å²) in [7, 11) is 0. The molecule has 2 aromatic rings. The lowest BCUT2D eigenvalue weighted by atomic mass is 10.2. The first-order valence-corrected chi connectivity index (χ1v) is 6.38. The van der Waals surface area contributed by atoms with E-state index in [0.717, 1.165) is 42.5 Å². The van der Waals surface area contributed by atoms with Gasteiger partial charge in [0.25, 0.3) is 0 Å². The van der Waals surface area contributed by atoms with Crippen LogP contribution in [-0.4, -0.2) is 9.55 Å². The lowest BCUT2D eigenvalue weighted by molar-refractivity contribution is 0.602. The summed E-state index contributed by atoms with van der Waals surface area (Å²) >= 11 is 6.16. The second-order valence-electron chi connectivity index (χ2n) is 4.47. The van der Waals surface area contributed by atoms with E-state index in [-0.39, 0.29) is 0 Å². The van der Waals surface area contributed by atoms with Crippen molar-refractivity contribution in [3.05, 3.63) is 34.5 Å². The summed E-state index contributed by atoms with van der Waals surface area (Å²) < 4.78 is 2.03. The fraction of sp³-hybridized carbons (Fsp3) is 0.385. The molecule has 1 aromatic heterocycles. The quantitative estimate of drug-likeness (QED) is 0.764. The van der Waals surface area contributed by atoms with Crippen LogP contribution < -0.4 is 5.49 Å². The summed E-state index contributed by atoms with van der Waals surface area (Å²) in [5.41, 5.74) is 1.32. The highest BCUT2D eigenvalue weighted by atomic mass is 35.5. The summed E-state index contributed by atoms with van der Waals surface area (Å²) in [6.45, 7) is 0.906. The monoisotopic (exact) mass is 247 g/mol. The van der Waals surface area contributed by atoms with Gasteiger partial charge in [-0.15, -0.1) is 0 Å². The maximum absolute atomic E-state index is 8.28. The fourth-order valence-corrected chi connectivity index (χ4v) is 2.66. The topological polar surface area (TPSA) is 41.7 Å². The number of nitrogens with zero attached hydrogens (tertiary/aromatic N) is 2. The van der Waals surface area contributed by atoms with Gasteiger partial charge in [-0.25, -0.2) is 4.98 Å². The number of aromatic nitrogens is 2. The molecule has 4 heteroatoms. The van der Waals surface area contributed by atoms with Crippen molar-refractivity contribution in [2.24, 2.45) is 0 Å². The molecule has 88 valence electrons. The molecule has 17 heavy (non-hydrogen) atoms. The van der Waals surface area contributed by atoms with E-state index in [0.29, 0.717) is 10.5 Å². The molecular formula is C13H14ClN3. The largest absolute Gasteiger partial charge is 0.314 e. The number of hydrogen-bond donors (Lipinski definition) is 1. The maximum atomic E-state index is 8.28. The first-order valence-electron chi connectivity index (χ1n) is 6.00. The summed E-state index contributed by atoms with van der Waals surface area (Å²) in [5.74, 6) is 1.01. The lowest BCUT2D eigenvalue weighted by Crippen LogP contribution is -2.24. The molecule has 0 atom stereocenters. The Labute approximate surface area is 105 Å². The molecular weight excluding hydrogens is 234 g/mol. The van der Waals surface area contributed by atoms with Gasteiger partial charge >= 0.3 is 0 Å². The van der Waals surface area contributed by atoms with Crippen molar-refractivity contribution >= 4 is 22.5 Å². The Bertz CT molecular complexity index is 630. The SMILES string of the molecule is N=c1c2cccc(Cl)c2nc2n1CCCCC2. The van der Waals surface area contributed by atoms with Crippen molar-refractivity contribution < 1.29 is 0 Å². The smallest absolute Gasteiger partial charge is 0.135 e. The van der Waals surface area contributed by atoms with E-state index < -0.39 is 0 Å². The average molecular weight is 248 g/mol. The molecule has 1 N–H and O–H groups in total. The zero-order valence-corrected chi connectivity index (χ0v) is 10.3. The Morgan fingerprint density at radius 2 is 2.12 bits per heavy atom. The van der Waals surface area contributed by atoms with E-state index >= 15 is 0 Å². The minimum absolute atomic E-state index is 0.550. The Morgan fingerprint density at radius 3 is 3.00 bits per heavy atom. The number of halogens is 1. The van der Waals surface area contributed by atoms with Crippen LogP contribution in [0.25, 0.3) is 10.9 Å². The van der Waals surface area contributed by atoms with Crippen LogP contribution in [0.3, 0.4) is 0 Å². The number of rotatable bonds is 0. The number of fused-ring (bicyclic) bond motifs is 2. The highest BCUT2D eigenvalue weighted by Crippen LogP contribution is 2.21. The molecule has 1 aliphatic heterocycles. The van der Waals surface area contributed by atoms with Gasteiger partial charge in [-0.3, -0.25) is 5.41 Å². The molecule has 0 fully saturated rings. The third-order valence-corrected chi connectivity index (χ3v) is 3.65. The maximum Gasteiger partial charge on any atom is 0.135 e. The van der Waals surface area contributed by atoms with E-state index in [1.807, 2.05) is 22.8 Å². The normalized spacial score (nSPS) is 15.6. The van der Waals surface area contributed by atoms with Gasteiger partial charge in [-0.05, 0) is 25.0 Å². The van der Waals surface area contributed by atoms with Crippen molar-refractivity contribution in [3.63, 3.8) is 0 Å². The molecule has 3 rings (SSSR count). The van der Waals surface area contributed by atoms with Crippen LogP contribution in [0, 0.1) is 5.41 Å². The second-order valence-corrected chi connectivity index (χ2v) is 4.88. The Morgan fingerprint density at radius 1 is 1.24 bits per heavy atom. The third-order valence-electron chi connectivity index (χ3n) is 3.35. The first kappa shape index (κ1) is 10.8. The standard InChI is InChI=1S/C13H14ClN3/c14-10-6-4-5-9-12(10)16-11-7-2-1-3-8-17(11)13(9)15/h4-6,15H,1-3,7-8H2. The van der Waals surface area contributed by atoms with Crippen LogP contribution in [0.15, 0.2) is 18.2 Å². The molecule has 0 saturated heterocycles. The molecule has 1 aromatic carbocycles. The van der Waals surface area contributed by atoms with Gasteiger partial charge in [0.15, 0.2) is 0 Å². The van der Waals surface area contributed by atoms with Crippen molar-refractivity contribution in [1.29, 1.82) is 5.41 Å². The van der Waals surface area contributed by atoms with Crippen molar-refractivity contribution in [2.75, 3.05) is 0 Å². The van der Waals surface area contributed by atoms with Gasteiger partial charge in [0.05, 0.1) is 10.5 Å². The Kier molecular flexibility index (Phi) is 2.63. The van der Waals surface area contributed by atoms with E-state index in [2.05, 4.69) is 4.98 Å². The molecule has 0 radical (unpaired) electrons. The number of aryl methyl sites for hydroxylation is 1. The van der Waals surface area contributed by atoms with E-state index in [1.165, 1.54) is 6.42 Å². The van der Waals surface area contributed by atoms with Crippen molar-refractivity contribution in [2.45, 2.75) is 32.2 Å². The van der Waals surface area contributed by atoms with Crippen LogP contribution in [-0.2, 0) is 13.0 Å². The van der Waals surface area contributed by atoms with E-state index in [1.54, 1.807) is 0 Å². The lowest BCUT2D eigenvalue weighted by Gasteiger charge is -2.12. The van der Waals surface area contributed by atoms with Gasteiger partial charge in [0, 0.05) is 18.4 Å². The van der Waals surface area contributed by atoms with Crippen LogP contribution in [0.1, 0.15) is 25.1 Å². The first-order chi connectivity index (χ1) is 8.27. The van der Waals surface area contributed by atoms with Crippen LogP contribution in [0.2, 0.25) is 5.02 Å². The Hall–Kier alpha value is -1.35. The third kappa shape index (κ3) is 1.75. The number of benzene rings is 1. The van der Waals surface area contributed by atoms with Gasteiger partial charge < -0.3 is 4.57 Å². The molecule has 0 amide bonds. The summed E-state index contributed by atoms with van der Waals surface area (Å²) in [6, 6.07) is 5.65. The van der Waals surface area contributed by atoms with Crippen molar-refractivity contribution in [1.82, 2.24) is 9.55 Å². The summed E-state index contributed by atoms with van der Waals surface area (Å²) in [6.07, 6.45) is 4.46. The summed E-state index contributed by atoms with van der Waals surface area (Å²) in [5, 5.41) is 9.77. The second kappa shape index (κ2) is 4.15. The highest BCUT2D eigenvalue weighted by Gasteiger charge is 2.12. The summed E-state index contributed by atoms with van der Waals surface area (Å²) in [4.78, 5) is 4.65.